The first-order chi connectivity index (χ1) is 37.0. The van der Waals surface area contributed by atoms with Gasteiger partial charge in [-0.3, -0.25) is 9.59 Å². The lowest BCUT2D eigenvalue weighted by Gasteiger charge is -2.20. The summed E-state index contributed by atoms with van der Waals surface area (Å²) in [6, 6.07) is -0.631. The van der Waals surface area contributed by atoms with E-state index in [2.05, 4.69) is 43.5 Å². The molecule has 0 spiro atoms. The molecule has 0 saturated heterocycles. The maximum absolute atomic E-state index is 12.5. The van der Waals surface area contributed by atoms with E-state index < -0.39 is 12.1 Å². The number of nitrogens with one attached hydrogen (secondary N) is 1. The summed E-state index contributed by atoms with van der Waals surface area (Å²) in [6.07, 6.45) is 82.1. The number of carbonyl (C=O) groups excluding carboxylic acids is 2. The zero-order valence-electron chi connectivity index (χ0n) is 50.5. The van der Waals surface area contributed by atoms with Gasteiger partial charge in [0.25, 0.3) is 0 Å². The Morgan fingerprint density at radius 1 is 0.360 bits per heavy atom. The molecule has 0 bridgehead atoms. The van der Waals surface area contributed by atoms with Gasteiger partial charge in [-0.1, -0.05) is 307 Å². The van der Waals surface area contributed by atoms with Crippen LogP contribution in [0.4, 0.5) is 0 Å². The number of esters is 1. The van der Waals surface area contributed by atoms with E-state index in [1.165, 1.54) is 295 Å². The summed E-state index contributed by atoms with van der Waals surface area (Å²) >= 11 is 0. The largest absolute Gasteiger partial charge is 0.466 e. The first kappa shape index (κ1) is 73.1. The quantitative estimate of drug-likeness (QED) is 0.0320. The van der Waals surface area contributed by atoms with Crippen LogP contribution in [0.5, 0.6) is 0 Å². The van der Waals surface area contributed by atoms with Gasteiger partial charge >= 0.3 is 5.97 Å². The Hall–Kier alpha value is -1.92. The van der Waals surface area contributed by atoms with Crippen molar-refractivity contribution in [1.29, 1.82) is 0 Å². The highest BCUT2D eigenvalue weighted by molar-refractivity contribution is 5.76. The van der Waals surface area contributed by atoms with Gasteiger partial charge < -0.3 is 20.3 Å². The Morgan fingerprint density at radius 2 is 0.627 bits per heavy atom. The number of aliphatic hydroxyl groups excluding tert-OH is 2. The predicted molar refractivity (Wildman–Crippen MR) is 329 cm³/mol. The van der Waals surface area contributed by atoms with Gasteiger partial charge in [0.05, 0.1) is 25.4 Å². The molecule has 0 aliphatic rings. The summed E-state index contributed by atoms with van der Waals surface area (Å²) in [7, 11) is 0. The molecule has 0 aromatic heterocycles. The van der Waals surface area contributed by atoms with Crippen LogP contribution in [-0.2, 0) is 14.3 Å². The van der Waals surface area contributed by atoms with Crippen molar-refractivity contribution >= 4 is 11.9 Å². The lowest BCUT2D eigenvalue weighted by Crippen LogP contribution is -2.45. The molecule has 3 N–H and O–H groups in total. The molecule has 0 fully saturated rings. The molecule has 2 atom stereocenters. The summed E-state index contributed by atoms with van der Waals surface area (Å²) < 4.78 is 5.47. The maximum atomic E-state index is 12.5. The average molecular weight is 1050 g/mol. The van der Waals surface area contributed by atoms with Crippen molar-refractivity contribution < 1.29 is 24.5 Å². The molecule has 2 unspecified atom stereocenters. The zero-order chi connectivity index (χ0) is 54.3. The van der Waals surface area contributed by atoms with Crippen molar-refractivity contribution in [1.82, 2.24) is 5.32 Å². The number of amides is 1. The van der Waals surface area contributed by atoms with Crippen LogP contribution in [-0.4, -0.2) is 47.4 Å². The van der Waals surface area contributed by atoms with Crippen molar-refractivity contribution in [3.63, 3.8) is 0 Å². The summed E-state index contributed by atoms with van der Waals surface area (Å²) in [5, 5.41) is 23.2. The highest BCUT2D eigenvalue weighted by Crippen LogP contribution is 2.18. The minimum Gasteiger partial charge on any atom is -0.466 e. The smallest absolute Gasteiger partial charge is 0.305 e. The minimum atomic E-state index is -0.848. The third-order valence-electron chi connectivity index (χ3n) is 15.6. The van der Waals surface area contributed by atoms with Crippen LogP contribution >= 0.6 is 0 Å². The normalized spacial score (nSPS) is 12.7. The number of unbranched alkanes of at least 4 members (excludes halogenated alkanes) is 48. The molecule has 0 heterocycles. The molecular formula is C69H131NO5. The molecule has 0 aliphatic heterocycles. The van der Waals surface area contributed by atoms with E-state index in [1.807, 2.05) is 6.08 Å². The van der Waals surface area contributed by atoms with Gasteiger partial charge in [0.15, 0.2) is 0 Å². The summed E-state index contributed by atoms with van der Waals surface area (Å²) in [4.78, 5) is 24.5. The molecule has 0 aromatic rings. The second kappa shape index (κ2) is 64.6. The fourth-order valence-electron chi connectivity index (χ4n) is 10.4. The number of carbonyl (C=O) groups is 2. The van der Waals surface area contributed by atoms with Crippen molar-refractivity contribution in [2.75, 3.05) is 13.2 Å². The monoisotopic (exact) mass is 1050 g/mol. The molecule has 6 nitrogen and oxygen atoms in total. The summed E-state index contributed by atoms with van der Waals surface area (Å²) in [6.45, 7) is 4.90. The Labute approximate surface area is 468 Å². The SMILES string of the molecule is CCCCC/C=C\CCCCCCCC(=O)OCCCCCCCCCCCCCC/C=C\CCCCCCCCCCCC(=O)NC(CO)C(O)/C=C/CCCCCCCCCCCCCCCCCCCCC. The molecule has 0 aliphatic carbocycles. The number of rotatable bonds is 63. The number of ether oxygens (including phenoxy) is 1. The first-order valence-electron chi connectivity index (χ1n) is 33.8. The molecule has 442 valence electrons. The van der Waals surface area contributed by atoms with Crippen LogP contribution in [0, 0.1) is 0 Å². The van der Waals surface area contributed by atoms with Crippen LogP contribution in [0.3, 0.4) is 0 Å². The number of hydrogen-bond acceptors (Lipinski definition) is 5. The van der Waals surface area contributed by atoms with Gasteiger partial charge in [-0.25, -0.2) is 0 Å². The standard InChI is InChI=1S/C69H131NO5/c1-3-5-7-9-11-13-15-17-18-19-20-26-29-32-35-38-41-45-49-53-57-61-67(72)66(65-71)70-68(73)62-58-54-50-46-42-39-36-33-30-27-24-22-21-23-25-28-31-34-37-40-44-48-52-56-60-64-75-69(74)63-59-55-51-47-43-16-14-12-10-8-6-4-2/h12,14,22,24,57,61,66-67,71-72H,3-11,13,15-21,23,25-56,58-60,62-65H2,1-2H3,(H,70,73)/b14-12-,24-22-,61-57+. The van der Waals surface area contributed by atoms with Crippen LogP contribution in [0.15, 0.2) is 36.5 Å². The molecule has 0 saturated carbocycles. The van der Waals surface area contributed by atoms with E-state index in [1.54, 1.807) is 6.08 Å². The first-order valence-corrected chi connectivity index (χ1v) is 33.8. The average Bonchev–Trinajstić information content (AvgIpc) is 3.41. The van der Waals surface area contributed by atoms with E-state index in [9.17, 15) is 19.8 Å². The predicted octanol–water partition coefficient (Wildman–Crippen LogP) is 21.5. The van der Waals surface area contributed by atoms with Gasteiger partial charge in [-0.05, 0) is 83.5 Å². The number of hydrogen-bond donors (Lipinski definition) is 3. The maximum Gasteiger partial charge on any atom is 0.305 e. The van der Waals surface area contributed by atoms with Gasteiger partial charge in [0.2, 0.25) is 5.91 Å². The topological polar surface area (TPSA) is 95.9 Å². The van der Waals surface area contributed by atoms with E-state index >= 15 is 0 Å². The molecule has 75 heavy (non-hydrogen) atoms. The summed E-state index contributed by atoms with van der Waals surface area (Å²) in [5.41, 5.74) is 0. The van der Waals surface area contributed by atoms with Crippen molar-refractivity contribution in [2.45, 2.75) is 379 Å². The second-order valence-electron chi connectivity index (χ2n) is 23.1. The third-order valence-corrected chi connectivity index (χ3v) is 15.6. The van der Waals surface area contributed by atoms with Crippen LogP contribution < -0.4 is 5.32 Å². The molecule has 0 aromatic carbocycles. The van der Waals surface area contributed by atoms with Crippen LogP contribution in [0.2, 0.25) is 0 Å². The molecule has 0 radical (unpaired) electrons. The van der Waals surface area contributed by atoms with E-state index in [-0.39, 0.29) is 18.5 Å². The fraction of sp³-hybridized carbons (Fsp3) is 0.884. The summed E-state index contributed by atoms with van der Waals surface area (Å²) in [5.74, 6) is -0.0648. The number of allylic oxidation sites excluding steroid dienone is 5. The van der Waals surface area contributed by atoms with E-state index in [4.69, 9.17) is 4.74 Å². The highest BCUT2D eigenvalue weighted by atomic mass is 16.5. The minimum absolute atomic E-state index is 0.00314. The van der Waals surface area contributed by atoms with Crippen LogP contribution in [0.25, 0.3) is 0 Å². The van der Waals surface area contributed by atoms with Gasteiger partial charge in [0, 0.05) is 12.8 Å². The van der Waals surface area contributed by atoms with E-state index in [0.29, 0.717) is 19.4 Å². The van der Waals surface area contributed by atoms with Crippen molar-refractivity contribution in [3.8, 4) is 0 Å². The molecular weight excluding hydrogens is 923 g/mol. The van der Waals surface area contributed by atoms with Crippen LogP contribution in [0.1, 0.15) is 367 Å². The van der Waals surface area contributed by atoms with Crippen molar-refractivity contribution in [2.24, 2.45) is 0 Å². The number of aliphatic hydroxyl groups is 2. The van der Waals surface area contributed by atoms with Gasteiger partial charge in [-0.2, -0.15) is 0 Å². The Kier molecular flexibility index (Phi) is 63.0. The molecule has 1 amide bonds. The lowest BCUT2D eigenvalue weighted by atomic mass is 10.0. The molecule has 6 heteroatoms. The Balaban J connectivity index is 3.43. The zero-order valence-corrected chi connectivity index (χ0v) is 50.5. The third kappa shape index (κ3) is 61.2. The fourth-order valence-corrected chi connectivity index (χ4v) is 10.4. The van der Waals surface area contributed by atoms with E-state index in [0.717, 1.165) is 44.9 Å². The Morgan fingerprint density at radius 3 is 0.973 bits per heavy atom. The lowest BCUT2D eigenvalue weighted by molar-refractivity contribution is -0.143. The highest BCUT2D eigenvalue weighted by Gasteiger charge is 2.18. The van der Waals surface area contributed by atoms with Gasteiger partial charge in [0.1, 0.15) is 0 Å². The van der Waals surface area contributed by atoms with Gasteiger partial charge in [-0.15, -0.1) is 0 Å². The van der Waals surface area contributed by atoms with Crippen molar-refractivity contribution in [3.05, 3.63) is 36.5 Å². The molecule has 0 rings (SSSR count). The second-order valence-corrected chi connectivity index (χ2v) is 23.1. The Bertz CT molecular complexity index is 1210.